The molecule has 0 saturated carbocycles. The van der Waals surface area contributed by atoms with Crippen molar-refractivity contribution in [3.05, 3.63) is 29.6 Å². The molecule has 2 unspecified atom stereocenters. The minimum atomic E-state index is -0.115. The zero-order valence-corrected chi connectivity index (χ0v) is 11.4. The Kier molecular flexibility index (Phi) is 3.88. The second-order valence-electron chi connectivity index (χ2n) is 5.36. The number of benzene rings is 1. The van der Waals surface area contributed by atoms with E-state index in [9.17, 15) is 4.39 Å². The van der Waals surface area contributed by atoms with Gasteiger partial charge in [0.15, 0.2) is 0 Å². The van der Waals surface area contributed by atoms with E-state index in [1.165, 1.54) is 0 Å². The zero-order chi connectivity index (χ0) is 13.3. The maximum absolute atomic E-state index is 14.2. The number of hydrogen-bond acceptors (Lipinski definition) is 3. The molecule has 0 bridgehead atoms. The first kappa shape index (κ1) is 13.3. The van der Waals surface area contributed by atoms with Crippen molar-refractivity contribution in [3.8, 4) is 0 Å². The average Bonchev–Trinajstić information content (AvgIpc) is 2.70. The van der Waals surface area contributed by atoms with Crippen LogP contribution >= 0.6 is 0 Å². The van der Waals surface area contributed by atoms with Crippen LogP contribution in [0.5, 0.6) is 0 Å². The van der Waals surface area contributed by atoms with Gasteiger partial charge in [-0.25, -0.2) is 4.39 Å². The summed E-state index contributed by atoms with van der Waals surface area (Å²) in [7, 11) is 5.95. The second-order valence-corrected chi connectivity index (χ2v) is 5.36. The molecule has 0 amide bonds. The van der Waals surface area contributed by atoms with E-state index < -0.39 is 0 Å². The van der Waals surface area contributed by atoms with Crippen molar-refractivity contribution in [1.29, 1.82) is 0 Å². The van der Waals surface area contributed by atoms with Gasteiger partial charge in [-0.05, 0) is 38.1 Å². The Morgan fingerprint density at radius 1 is 1.44 bits per heavy atom. The number of likely N-dealkylation sites (tertiary alicyclic amines) is 1. The molecule has 2 rings (SSSR count). The molecule has 1 fully saturated rings. The molecule has 0 aromatic heterocycles. The van der Waals surface area contributed by atoms with Crippen molar-refractivity contribution in [2.24, 2.45) is 11.7 Å². The molecule has 2 N–H and O–H groups in total. The highest BCUT2D eigenvalue weighted by molar-refractivity contribution is 5.54. The lowest BCUT2D eigenvalue weighted by atomic mass is 9.97. The number of anilines is 1. The maximum Gasteiger partial charge on any atom is 0.130 e. The Labute approximate surface area is 108 Å². The molecule has 18 heavy (non-hydrogen) atoms. The number of nitrogens with zero attached hydrogens (tertiary/aromatic N) is 2. The van der Waals surface area contributed by atoms with Gasteiger partial charge in [0, 0.05) is 37.9 Å². The van der Waals surface area contributed by atoms with Gasteiger partial charge in [-0.1, -0.05) is 6.07 Å². The van der Waals surface area contributed by atoms with Gasteiger partial charge in [0.25, 0.3) is 0 Å². The summed E-state index contributed by atoms with van der Waals surface area (Å²) in [5, 5.41) is 0. The standard InChI is InChI=1S/C14H22FN3/c1-17(2)12-6-4-5-11(15)14(12)13-7-10(8-16)9-18(13)3/h4-6,10,13H,7-9,16H2,1-3H3. The summed E-state index contributed by atoms with van der Waals surface area (Å²) in [6.07, 6.45) is 0.939. The van der Waals surface area contributed by atoms with Crippen LogP contribution in [0.2, 0.25) is 0 Å². The minimum absolute atomic E-state index is 0.115. The summed E-state index contributed by atoms with van der Waals surface area (Å²) >= 11 is 0. The van der Waals surface area contributed by atoms with Crippen LogP contribution in [0.3, 0.4) is 0 Å². The third-order valence-corrected chi connectivity index (χ3v) is 3.81. The van der Waals surface area contributed by atoms with E-state index in [2.05, 4.69) is 4.90 Å². The smallest absolute Gasteiger partial charge is 0.130 e. The Morgan fingerprint density at radius 2 is 2.17 bits per heavy atom. The fraction of sp³-hybridized carbons (Fsp3) is 0.571. The van der Waals surface area contributed by atoms with Gasteiger partial charge in [-0.15, -0.1) is 0 Å². The largest absolute Gasteiger partial charge is 0.377 e. The van der Waals surface area contributed by atoms with Crippen molar-refractivity contribution in [3.63, 3.8) is 0 Å². The van der Waals surface area contributed by atoms with Crippen molar-refractivity contribution in [2.75, 3.05) is 39.1 Å². The molecule has 4 heteroatoms. The van der Waals surface area contributed by atoms with Crippen LogP contribution in [0.15, 0.2) is 18.2 Å². The lowest BCUT2D eigenvalue weighted by Crippen LogP contribution is -2.23. The molecule has 1 aromatic rings. The fourth-order valence-electron chi connectivity index (χ4n) is 2.86. The Balaban J connectivity index is 2.38. The van der Waals surface area contributed by atoms with Crippen LogP contribution < -0.4 is 10.6 Å². The quantitative estimate of drug-likeness (QED) is 0.890. The number of nitrogens with two attached hydrogens (primary N) is 1. The van der Waals surface area contributed by atoms with E-state index in [0.29, 0.717) is 12.5 Å². The van der Waals surface area contributed by atoms with Crippen molar-refractivity contribution >= 4 is 5.69 Å². The molecule has 1 aliphatic rings. The van der Waals surface area contributed by atoms with Crippen LogP contribution in [0.1, 0.15) is 18.0 Å². The third-order valence-electron chi connectivity index (χ3n) is 3.81. The predicted molar refractivity (Wildman–Crippen MR) is 73.3 cm³/mol. The van der Waals surface area contributed by atoms with E-state index in [1.54, 1.807) is 12.1 Å². The van der Waals surface area contributed by atoms with E-state index in [4.69, 9.17) is 5.73 Å². The first-order chi connectivity index (χ1) is 8.54. The van der Waals surface area contributed by atoms with Crippen molar-refractivity contribution in [2.45, 2.75) is 12.5 Å². The molecule has 2 atom stereocenters. The molecule has 1 aliphatic heterocycles. The van der Waals surface area contributed by atoms with Gasteiger partial charge in [-0.2, -0.15) is 0 Å². The van der Waals surface area contributed by atoms with Crippen LogP contribution in [0.4, 0.5) is 10.1 Å². The summed E-state index contributed by atoms with van der Waals surface area (Å²) in [4.78, 5) is 4.19. The van der Waals surface area contributed by atoms with Crippen LogP contribution in [-0.4, -0.2) is 39.1 Å². The van der Waals surface area contributed by atoms with E-state index in [1.807, 2.05) is 32.1 Å². The maximum atomic E-state index is 14.2. The van der Waals surface area contributed by atoms with Gasteiger partial charge in [0.2, 0.25) is 0 Å². The lowest BCUT2D eigenvalue weighted by Gasteiger charge is -2.26. The summed E-state index contributed by atoms with van der Waals surface area (Å²) in [6, 6.07) is 5.43. The summed E-state index contributed by atoms with van der Waals surface area (Å²) in [5.41, 5.74) is 7.51. The van der Waals surface area contributed by atoms with Gasteiger partial charge in [0.05, 0.1) is 0 Å². The lowest BCUT2D eigenvalue weighted by molar-refractivity contribution is 0.307. The van der Waals surface area contributed by atoms with Crippen LogP contribution in [-0.2, 0) is 0 Å². The topological polar surface area (TPSA) is 32.5 Å². The SMILES string of the molecule is CN(C)c1cccc(F)c1C1CC(CN)CN1C. The average molecular weight is 251 g/mol. The molecule has 1 saturated heterocycles. The predicted octanol–water partition coefficient (Wildman–Crippen LogP) is 1.84. The van der Waals surface area contributed by atoms with Crippen LogP contribution in [0.25, 0.3) is 0 Å². The number of rotatable bonds is 3. The third kappa shape index (κ3) is 2.35. The van der Waals surface area contributed by atoms with E-state index >= 15 is 0 Å². The highest BCUT2D eigenvalue weighted by Gasteiger charge is 2.33. The molecule has 1 heterocycles. The Hall–Kier alpha value is -1.13. The first-order valence-electron chi connectivity index (χ1n) is 6.40. The van der Waals surface area contributed by atoms with Crippen molar-refractivity contribution < 1.29 is 4.39 Å². The Bertz CT molecular complexity index is 420. The molecule has 1 aromatic carbocycles. The first-order valence-corrected chi connectivity index (χ1v) is 6.40. The minimum Gasteiger partial charge on any atom is -0.377 e. The molecular weight excluding hydrogens is 229 g/mol. The molecule has 100 valence electrons. The van der Waals surface area contributed by atoms with Crippen LogP contribution in [0, 0.1) is 11.7 Å². The van der Waals surface area contributed by atoms with Gasteiger partial charge in [0.1, 0.15) is 5.82 Å². The molecular formula is C14H22FN3. The molecule has 0 spiro atoms. The molecule has 0 aliphatic carbocycles. The highest BCUT2D eigenvalue weighted by Crippen LogP contribution is 2.39. The Morgan fingerprint density at radius 3 is 2.72 bits per heavy atom. The second kappa shape index (κ2) is 5.24. The number of halogens is 1. The summed E-state index contributed by atoms with van der Waals surface area (Å²) < 4.78 is 14.2. The normalized spacial score (nSPS) is 24.5. The summed E-state index contributed by atoms with van der Waals surface area (Å²) in [6.45, 7) is 1.62. The monoisotopic (exact) mass is 251 g/mol. The van der Waals surface area contributed by atoms with E-state index in [-0.39, 0.29) is 11.9 Å². The van der Waals surface area contributed by atoms with Gasteiger partial charge >= 0.3 is 0 Å². The highest BCUT2D eigenvalue weighted by atomic mass is 19.1. The number of hydrogen-bond donors (Lipinski definition) is 1. The zero-order valence-electron chi connectivity index (χ0n) is 11.4. The van der Waals surface area contributed by atoms with Gasteiger partial charge in [-0.3, -0.25) is 4.90 Å². The van der Waals surface area contributed by atoms with Crippen molar-refractivity contribution in [1.82, 2.24) is 4.90 Å². The summed E-state index contributed by atoms with van der Waals surface area (Å²) in [5.74, 6) is 0.352. The molecule has 0 radical (unpaired) electrons. The fourth-order valence-corrected chi connectivity index (χ4v) is 2.86. The van der Waals surface area contributed by atoms with E-state index in [0.717, 1.165) is 24.2 Å². The van der Waals surface area contributed by atoms with Gasteiger partial charge < -0.3 is 10.6 Å². The molecule has 3 nitrogen and oxygen atoms in total.